The number of carbonyl (C=O) groups excluding carboxylic acids is 1. The van der Waals surface area contributed by atoms with Crippen molar-refractivity contribution in [3.63, 3.8) is 0 Å². The van der Waals surface area contributed by atoms with Crippen molar-refractivity contribution in [2.45, 2.75) is 51.0 Å². The second-order valence-corrected chi connectivity index (χ2v) is 5.97. The van der Waals surface area contributed by atoms with E-state index < -0.39 is 23.7 Å². The van der Waals surface area contributed by atoms with Gasteiger partial charge in [0.2, 0.25) is 0 Å². The first kappa shape index (κ1) is 17.3. The van der Waals surface area contributed by atoms with E-state index in [-0.39, 0.29) is 12.6 Å². The highest BCUT2D eigenvalue weighted by Crippen LogP contribution is 2.36. The number of carboxylic acids is 1. The molecule has 2 atom stereocenters. The van der Waals surface area contributed by atoms with Gasteiger partial charge in [0.15, 0.2) is 5.54 Å². The number of hydrogen-bond acceptors (Lipinski definition) is 4. The largest absolute Gasteiger partial charge is 0.479 e. The van der Waals surface area contributed by atoms with Crippen LogP contribution >= 0.6 is 0 Å². The Morgan fingerprint density at radius 3 is 2.43 bits per heavy atom. The van der Waals surface area contributed by atoms with Gasteiger partial charge in [-0.1, -0.05) is 30.3 Å². The van der Waals surface area contributed by atoms with E-state index in [1.807, 2.05) is 30.3 Å². The minimum atomic E-state index is -1.47. The normalized spacial score (nSPS) is 17.9. The molecule has 1 amide bonds. The highest BCUT2D eigenvalue weighted by atomic mass is 16.6. The maximum atomic E-state index is 12.6. The molecule has 0 spiro atoms. The quantitative estimate of drug-likeness (QED) is 0.835. The SMILES string of the molecule is COC(C)C(C)(C(=O)O)N(C(=O)OCc1ccccc1)C1CC1. The molecule has 0 radical (unpaired) electrons. The molecule has 0 bridgehead atoms. The minimum Gasteiger partial charge on any atom is -0.479 e. The Balaban J connectivity index is 2.16. The minimum absolute atomic E-state index is 0.111. The average molecular weight is 321 g/mol. The van der Waals surface area contributed by atoms with Crippen LogP contribution in [0.1, 0.15) is 32.3 Å². The molecule has 2 rings (SSSR count). The van der Waals surface area contributed by atoms with Crippen LogP contribution in [0.4, 0.5) is 4.79 Å². The highest BCUT2D eigenvalue weighted by Gasteiger charge is 2.53. The van der Waals surface area contributed by atoms with Crippen LogP contribution in [0.15, 0.2) is 30.3 Å². The molecule has 1 aromatic carbocycles. The first-order valence-corrected chi connectivity index (χ1v) is 7.67. The van der Waals surface area contributed by atoms with Gasteiger partial charge in [0, 0.05) is 13.2 Å². The lowest BCUT2D eigenvalue weighted by atomic mass is 9.93. The number of carboxylic acid groups (broad SMARTS) is 1. The number of rotatable bonds is 7. The Morgan fingerprint density at radius 1 is 1.35 bits per heavy atom. The molecule has 1 aliphatic rings. The number of benzene rings is 1. The van der Waals surface area contributed by atoms with Gasteiger partial charge in [-0.3, -0.25) is 4.90 Å². The molecule has 6 heteroatoms. The number of carbonyl (C=O) groups is 2. The summed E-state index contributed by atoms with van der Waals surface area (Å²) in [6.07, 6.45) is 0.273. The van der Waals surface area contributed by atoms with E-state index in [2.05, 4.69) is 0 Å². The number of aliphatic carboxylic acids is 1. The fraction of sp³-hybridized carbons (Fsp3) is 0.529. The number of nitrogens with zero attached hydrogens (tertiary/aromatic N) is 1. The summed E-state index contributed by atoms with van der Waals surface area (Å²) in [7, 11) is 1.44. The fourth-order valence-corrected chi connectivity index (χ4v) is 2.54. The Kier molecular flexibility index (Phi) is 5.26. The van der Waals surface area contributed by atoms with Crippen molar-refractivity contribution >= 4 is 12.1 Å². The molecule has 1 aromatic rings. The monoisotopic (exact) mass is 321 g/mol. The Labute approximate surface area is 136 Å². The van der Waals surface area contributed by atoms with E-state index >= 15 is 0 Å². The summed E-state index contributed by atoms with van der Waals surface area (Å²) >= 11 is 0. The second-order valence-electron chi connectivity index (χ2n) is 5.97. The van der Waals surface area contributed by atoms with E-state index in [1.54, 1.807) is 6.92 Å². The zero-order valence-corrected chi connectivity index (χ0v) is 13.7. The molecule has 6 nitrogen and oxygen atoms in total. The van der Waals surface area contributed by atoms with E-state index in [9.17, 15) is 14.7 Å². The third kappa shape index (κ3) is 3.64. The molecular weight excluding hydrogens is 298 g/mol. The van der Waals surface area contributed by atoms with Crippen LogP contribution < -0.4 is 0 Å². The molecule has 2 unspecified atom stereocenters. The van der Waals surface area contributed by atoms with E-state index in [0.29, 0.717) is 0 Å². The number of ether oxygens (including phenoxy) is 2. The summed E-state index contributed by atoms with van der Waals surface area (Å²) in [5.74, 6) is -1.10. The van der Waals surface area contributed by atoms with Gasteiger partial charge < -0.3 is 14.6 Å². The average Bonchev–Trinajstić information content (AvgIpc) is 3.37. The summed E-state index contributed by atoms with van der Waals surface area (Å²) in [6, 6.07) is 9.18. The van der Waals surface area contributed by atoms with Gasteiger partial charge in [-0.2, -0.15) is 0 Å². The molecule has 1 aliphatic carbocycles. The Morgan fingerprint density at radius 2 is 1.96 bits per heavy atom. The van der Waals surface area contributed by atoms with Crippen molar-refractivity contribution < 1.29 is 24.2 Å². The molecule has 0 heterocycles. The van der Waals surface area contributed by atoms with Crippen molar-refractivity contribution in [2.75, 3.05) is 7.11 Å². The predicted octanol–water partition coefficient (Wildman–Crippen LogP) is 2.67. The zero-order chi connectivity index (χ0) is 17.0. The topological polar surface area (TPSA) is 76.1 Å². The van der Waals surface area contributed by atoms with Crippen LogP contribution in [0.5, 0.6) is 0 Å². The van der Waals surface area contributed by atoms with Crippen LogP contribution in [0.2, 0.25) is 0 Å². The van der Waals surface area contributed by atoms with Crippen LogP contribution in [-0.4, -0.2) is 46.9 Å². The first-order chi connectivity index (χ1) is 10.9. The summed E-state index contributed by atoms with van der Waals surface area (Å²) in [5, 5.41) is 9.69. The molecule has 0 aromatic heterocycles. The fourth-order valence-electron chi connectivity index (χ4n) is 2.54. The van der Waals surface area contributed by atoms with Crippen molar-refractivity contribution in [1.29, 1.82) is 0 Å². The van der Waals surface area contributed by atoms with Crippen LogP contribution in [-0.2, 0) is 20.9 Å². The zero-order valence-electron chi connectivity index (χ0n) is 13.7. The molecular formula is C17H23NO5. The number of methoxy groups -OCH3 is 1. The molecule has 23 heavy (non-hydrogen) atoms. The molecule has 0 saturated heterocycles. The van der Waals surface area contributed by atoms with Gasteiger partial charge in [-0.15, -0.1) is 0 Å². The van der Waals surface area contributed by atoms with Crippen LogP contribution in [0.3, 0.4) is 0 Å². The predicted molar refractivity (Wildman–Crippen MR) is 84.0 cm³/mol. The Bertz CT molecular complexity index is 557. The van der Waals surface area contributed by atoms with E-state index in [0.717, 1.165) is 18.4 Å². The van der Waals surface area contributed by atoms with Gasteiger partial charge in [0.05, 0.1) is 6.10 Å². The second kappa shape index (κ2) is 7.00. The highest BCUT2D eigenvalue weighted by molar-refractivity contribution is 5.85. The van der Waals surface area contributed by atoms with E-state index in [4.69, 9.17) is 9.47 Å². The molecule has 1 saturated carbocycles. The molecule has 1 fully saturated rings. The Hall–Kier alpha value is -2.08. The van der Waals surface area contributed by atoms with Gasteiger partial charge in [0.1, 0.15) is 6.61 Å². The van der Waals surface area contributed by atoms with Gasteiger partial charge in [0.25, 0.3) is 0 Å². The van der Waals surface area contributed by atoms with Gasteiger partial charge in [-0.25, -0.2) is 9.59 Å². The lowest BCUT2D eigenvalue weighted by molar-refractivity contribution is -0.158. The number of amides is 1. The summed E-state index contributed by atoms with van der Waals surface area (Å²) in [4.78, 5) is 25.7. The standard InChI is InChI=1S/C17H23NO5/c1-12(22-3)17(2,15(19)20)18(14-9-10-14)16(21)23-11-13-7-5-4-6-8-13/h4-8,12,14H,9-11H2,1-3H3,(H,19,20). The molecule has 0 aliphatic heterocycles. The van der Waals surface area contributed by atoms with Crippen LogP contribution in [0, 0.1) is 0 Å². The third-order valence-electron chi connectivity index (χ3n) is 4.39. The lowest BCUT2D eigenvalue weighted by Crippen LogP contribution is -2.62. The van der Waals surface area contributed by atoms with Crippen molar-refractivity contribution in [3.8, 4) is 0 Å². The maximum absolute atomic E-state index is 12.6. The van der Waals surface area contributed by atoms with Crippen molar-refractivity contribution in [3.05, 3.63) is 35.9 Å². The van der Waals surface area contributed by atoms with Crippen LogP contribution in [0.25, 0.3) is 0 Å². The van der Waals surface area contributed by atoms with Crippen molar-refractivity contribution in [2.24, 2.45) is 0 Å². The number of hydrogen-bond donors (Lipinski definition) is 1. The molecule has 126 valence electrons. The molecule has 1 N–H and O–H groups in total. The third-order valence-corrected chi connectivity index (χ3v) is 4.39. The smallest absolute Gasteiger partial charge is 0.411 e. The van der Waals surface area contributed by atoms with Gasteiger partial charge in [-0.05, 0) is 32.3 Å². The van der Waals surface area contributed by atoms with Crippen molar-refractivity contribution in [1.82, 2.24) is 4.90 Å². The summed E-state index contributed by atoms with van der Waals surface area (Å²) in [6.45, 7) is 3.26. The lowest BCUT2D eigenvalue weighted by Gasteiger charge is -2.40. The summed E-state index contributed by atoms with van der Waals surface area (Å²) < 4.78 is 10.6. The van der Waals surface area contributed by atoms with E-state index in [1.165, 1.54) is 18.9 Å². The maximum Gasteiger partial charge on any atom is 0.411 e. The first-order valence-electron chi connectivity index (χ1n) is 7.67. The summed E-state index contributed by atoms with van der Waals surface area (Å²) in [5.41, 5.74) is -0.614. The van der Waals surface area contributed by atoms with Gasteiger partial charge >= 0.3 is 12.1 Å².